The number of carbonyl (C=O) groups is 4. The maximum absolute atomic E-state index is 12.4. The van der Waals surface area contributed by atoms with Crippen molar-refractivity contribution in [3.8, 4) is 11.5 Å². The van der Waals surface area contributed by atoms with Crippen molar-refractivity contribution in [1.82, 2.24) is 0 Å². The Kier molecular flexibility index (Phi) is 6.86. The number of nitrogens with two attached hydrogens (primary N) is 1. The number of ketones is 1. The highest BCUT2D eigenvalue weighted by atomic mass is 16.6. The van der Waals surface area contributed by atoms with Gasteiger partial charge in [0.1, 0.15) is 13.2 Å². The van der Waals surface area contributed by atoms with Crippen LogP contribution in [0.25, 0.3) is 0 Å². The number of nitrogens with one attached hydrogen (secondary N) is 1. The Morgan fingerprint density at radius 1 is 0.968 bits per heavy atom. The summed E-state index contributed by atoms with van der Waals surface area (Å²) in [5.74, 6) is -0.970. The summed E-state index contributed by atoms with van der Waals surface area (Å²) in [6.07, 6.45) is -1.30. The Labute approximate surface area is 178 Å². The van der Waals surface area contributed by atoms with E-state index in [1.165, 1.54) is 31.2 Å². The van der Waals surface area contributed by atoms with E-state index in [1.54, 1.807) is 18.2 Å². The summed E-state index contributed by atoms with van der Waals surface area (Å²) in [7, 11) is 0. The Hall–Kier alpha value is -3.88. The van der Waals surface area contributed by atoms with E-state index in [9.17, 15) is 19.2 Å². The molecule has 1 aliphatic rings. The summed E-state index contributed by atoms with van der Waals surface area (Å²) >= 11 is 0. The normalized spacial score (nSPS) is 13.1. The van der Waals surface area contributed by atoms with Crippen LogP contribution in [0.1, 0.15) is 40.5 Å². The fourth-order valence-electron chi connectivity index (χ4n) is 2.85. The molecule has 3 rings (SSSR count). The average Bonchev–Trinajstić information content (AvgIpc) is 2.77. The van der Waals surface area contributed by atoms with E-state index >= 15 is 0 Å². The van der Waals surface area contributed by atoms with E-state index in [0.29, 0.717) is 41.5 Å². The molecule has 1 atom stereocenters. The molecule has 3 N–H and O–H groups in total. The zero-order valence-corrected chi connectivity index (χ0v) is 16.9. The third-order valence-electron chi connectivity index (χ3n) is 4.53. The van der Waals surface area contributed by atoms with Gasteiger partial charge >= 0.3 is 5.97 Å². The Bertz CT molecular complexity index is 1000. The number of primary amides is 1. The standard InChI is InChI=1S/C22H22N2O7/c1-13(22(28)24-16-5-2-14(3-6-16)21(23)27)31-20(26)9-7-17(25)15-4-8-18-19(12-15)30-11-10-29-18/h2-6,8,12-13H,7,9-11H2,1H3,(H2,23,27)(H,24,28). The predicted octanol–water partition coefficient (Wildman–Crippen LogP) is 2.09. The SMILES string of the molecule is CC(OC(=O)CCC(=O)c1ccc2c(c1)OCCO2)C(=O)Nc1ccc(C(N)=O)cc1. The van der Waals surface area contributed by atoms with Crippen LogP contribution in [0, 0.1) is 0 Å². The number of hydrogen-bond acceptors (Lipinski definition) is 7. The van der Waals surface area contributed by atoms with Crippen LogP contribution in [0.3, 0.4) is 0 Å². The van der Waals surface area contributed by atoms with Gasteiger partial charge in [0.25, 0.3) is 5.91 Å². The number of anilines is 1. The lowest BCUT2D eigenvalue weighted by atomic mass is 10.1. The summed E-state index contributed by atoms with van der Waals surface area (Å²) in [5, 5.41) is 2.57. The van der Waals surface area contributed by atoms with Gasteiger partial charge in [0.05, 0.1) is 6.42 Å². The number of Topliss-reactive ketones (excluding diaryl/α,β-unsaturated/α-hetero) is 1. The molecule has 1 heterocycles. The highest BCUT2D eigenvalue weighted by Gasteiger charge is 2.20. The van der Waals surface area contributed by atoms with E-state index in [1.807, 2.05) is 0 Å². The fourth-order valence-corrected chi connectivity index (χ4v) is 2.85. The van der Waals surface area contributed by atoms with E-state index in [4.69, 9.17) is 19.9 Å². The van der Waals surface area contributed by atoms with Crippen molar-refractivity contribution in [2.24, 2.45) is 5.73 Å². The van der Waals surface area contributed by atoms with Crippen molar-refractivity contribution in [2.75, 3.05) is 18.5 Å². The average molecular weight is 426 g/mol. The molecule has 2 aromatic rings. The minimum Gasteiger partial charge on any atom is -0.486 e. The molecule has 0 spiro atoms. The summed E-state index contributed by atoms with van der Waals surface area (Å²) in [6, 6.07) is 10.8. The van der Waals surface area contributed by atoms with Gasteiger partial charge in [0, 0.05) is 23.2 Å². The van der Waals surface area contributed by atoms with Gasteiger partial charge in [-0.1, -0.05) is 0 Å². The number of amides is 2. The Morgan fingerprint density at radius 3 is 2.29 bits per heavy atom. The first-order valence-corrected chi connectivity index (χ1v) is 9.66. The number of ether oxygens (including phenoxy) is 3. The van der Waals surface area contributed by atoms with Crippen LogP contribution in [-0.2, 0) is 14.3 Å². The molecule has 0 saturated heterocycles. The second-order valence-corrected chi connectivity index (χ2v) is 6.84. The van der Waals surface area contributed by atoms with Gasteiger partial charge < -0.3 is 25.3 Å². The fraction of sp³-hybridized carbons (Fsp3) is 0.273. The van der Waals surface area contributed by atoms with Crippen LogP contribution in [0.2, 0.25) is 0 Å². The van der Waals surface area contributed by atoms with E-state index in [-0.39, 0.29) is 18.6 Å². The molecule has 162 valence electrons. The lowest BCUT2D eigenvalue weighted by Gasteiger charge is -2.18. The van der Waals surface area contributed by atoms with Crippen molar-refractivity contribution >= 4 is 29.3 Å². The second kappa shape index (κ2) is 9.75. The van der Waals surface area contributed by atoms with E-state index in [0.717, 1.165) is 0 Å². The summed E-state index contributed by atoms with van der Waals surface area (Å²) in [4.78, 5) is 47.7. The molecule has 9 nitrogen and oxygen atoms in total. The molecule has 9 heteroatoms. The van der Waals surface area contributed by atoms with Crippen molar-refractivity contribution in [1.29, 1.82) is 0 Å². The first kappa shape index (κ1) is 21.8. The smallest absolute Gasteiger partial charge is 0.307 e. The van der Waals surface area contributed by atoms with E-state index < -0.39 is 23.9 Å². The van der Waals surface area contributed by atoms with Gasteiger partial charge in [-0.15, -0.1) is 0 Å². The van der Waals surface area contributed by atoms with Crippen molar-refractivity contribution in [3.05, 3.63) is 53.6 Å². The third-order valence-corrected chi connectivity index (χ3v) is 4.53. The number of rotatable bonds is 8. The zero-order chi connectivity index (χ0) is 22.4. The summed E-state index contributed by atoms with van der Waals surface area (Å²) in [6.45, 7) is 2.29. The monoisotopic (exact) mass is 426 g/mol. The van der Waals surface area contributed by atoms with Gasteiger partial charge in [-0.05, 0) is 49.4 Å². The van der Waals surface area contributed by atoms with Gasteiger partial charge in [0.2, 0.25) is 5.91 Å². The molecule has 1 unspecified atom stereocenters. The minimum absolute atomic E-state index is 0.0681. The molecule has 0 radical (unpaired) electrons. The molecule has 0 aromatic heterocycles. The highest BCUT2D eigenvalue weighted by molar-refractivity contribution is 5.99. The largest absolute Gasteiger partial charge is 0.486 e. The Balaban J connectivity index is 1.46. The summed E-state index contributed by atoms with van der Waals surface area (Å²) < 4.78 is 16.0. The van der Waals surface area contributed by atoms with Crippen LogP contribution < -0.4 is 20.5 Å². The molecule has 1 aliphatic heterocycles. The number of carbonyl (C=O) groups excluding carboxylic acids is 4. The molecule has 2 amide bonds. The molecule has 31 heavy (non-hydrogen) atoms. The molecule has 2 aromatic carbocycles. The van der Waals surface area contributed by atoms with Gasteiger partial charge in [-0.25, -0.2) is 0 Å². The summed E-state index contributed by atoms with van der Waals surface area (Å²) in [5.41, 5.74) is 6.30. The molecular weight excluding hydrogens is 404 g/mol. The van der Waals surface area contributed by atoms with Gasteiger partial charge in [-0.2, -0.15) is 0 Å². The first-order chi connectivity index (χ1) is 14.8. The number of esters is 1. The lowest BCUT2D eigenvalue weighted by Crippen LogP contribution is -2.30. The zero-order valence-electron chi connectivity index (χ0n) is 16.9. The lowest BCUT2D eigenvalue weighted by molar-refractivity contribution is -0.153. The number of hydrogen-bond donors (Lipinski definition) is 2. The number of benzene rings is 2. The second-order valence-electron chi connectivity index (χ2n) is 6.84. The minimum atomic E-state index is -1.06. The van der Waals surface area contributed by atoms with Crippen LogP contribution >= 0.6 is 0 Å². The van der Waals surface area contributed by atoms with Crippen LogP contribution in [0.15, 0.2) is 42.5 Å². The van der Waals surface area contributed by atoms with Gasteiger partial charge in [0.15, 0.2) is 23.4 Å². The van der Waals surface area contributed by atoms with Crippen LogP contribution in [-0.4, -0.2) is 42.9 Å². The Morgan fingerprint density at radius 2 is 1.61 bits per heavy atom. The number of fused-ring (bicyclic) bond motifs is 1. The molecular formula is C22H22N2O7. The van der Waals surface area contributed by atoms with Crippen molar-refractivity contribution in [2.45, 2.75) is 25.9 Å². The predicted molar refractivity (Wildman–Crippen MR) is 110 cm³/mol. The first-order valence-electron chi connectivity index (χ1n) is 9.66. The molecule has 0 bridgehead atoms. The van der Waals surface area contributed by atoms with E-state index in [2.05, 4.69) is 5.32 Å². The van der Waals surface area contributed by atoms with Crippen LogP contribution in [0.4, 0.5) is 5.69 Å². The quantitative estimate of drug-likeness (QED) is 0.487. The van der Waals surface area contributed by atoms with Crippen LogP contribution in [0.5, 0.6) is 11.5 Å². The van der Waals surface area contributed by atoms with Gasteiger partial charge in [-0.3, -0.25) is 19.2 Å². The maximum atomic E-state index is 12.4. The third kappa shape index (κ3) is 5.81. The molecule has 0 saturated carbocycles. The topological polar surface area (TPSA) is 134 Å². The van der Waals surface area contributed by atoms with Crippen molar-refractivity contribution in [3.63, 3.8) is 0 Å². The van der Waals surface area contributed by atoms with Crippen molar-refractivity contribution < 1.29 is 33.4 Å². The molecule has 0 aliphatic carbocycles. The maximum Gasteiger partial charge on any atom is 0.307 e. The highest BCUT2D eigenvalue weighted by Crippen LogP contribution is 2.31. The molecule has 0 fully saturated rings.